The normalized spacial score (nSPS) is 10.7. The van der Waals surface area contributed by atoms with Crippen molar-refractivity contribution in [2.75, 3.05) is 7.11 Å². The van der Waals surface area contributed by atoms with Gasteiger partial charge in [0.15, 0.2) is 5.78 Å². The third kappa shape index (κ3) is 4.61. The lowest BCUT2D eigenvalue weighted by atomic mass is 10.1. The Bertz CT molecular complexity index is 898. The predicted octanol–water partition coefficient (Wildman–Crippen LogP) is 5.17. The fourth-order valence-corrected chi connectivity index (χ4v) is 2.54. The first-order valence-corrected chi connectivity index (χ1v) is 8.38. The monoisotopic (exact) mass is 344 g/mol. The zero-order valence-corrected chi connectivity index (χ0v) is 14.6. The minimum Gasteiger partial charge on any atom is -0.497 e. The predicted molar refractivity (Wildman–Crippen MR) is 104 cm³/mol. The molecule has 0 radical (unpaired) electrons. The molecule has 0 saturated heterocycles. The highest BCUT2D eigenvalue weighted by Crippen LogP contribution is 2.21. The average molecular weight is 344 g/mol. The van der Waals surface area contributed by atoms with Crippen molar-refractivity contribution in [1.82, 2.24) is 0 Å². The van der Waals surface area contributed by atoms with Gasteiger partial charge in [0.05, 0.1) is 12.7 Å². The number of rotatable bonds is 7. The third-order valence-electron chi connectivity index (χ3n) is 3.91. The highest BCUT2D eigenvalue weighted by molar-refractivity contribution is 6.08. The minimum absolute atomic E-state index is 0.100. The van der Waals surface area contributed by atoms with Crippen LogP contribution in [0.1, 0.15) is 21.5 Å². The number of ether oxygens (including phenoxy) is 2. The van der Waals surface area contributed by atoms with Gasteiger partial charge in [0, 0.05) is 0 Å². The smallest absolute Gasteiger partial charge is 0.189 e. The zero-order valence-electron chi connectivity index (χ0n) is 14.6. The molecule has 0 amide bonds. The van der Waals surface area contributed by atoms with Gasteiger partial charge in [-0.1, -0.05) is 60.7 Å². The minimum atomic E-state index is -0.100. The Morgan fingerprint density at radius 1 is 0.923 bits per heavy atom. The van der Waals surface area contributed by atoms with Gasteiger partial charge in [0.1, 0.15) is 18.1 Å². The summed E-state index contributed by atoms with van der Waals surface area (Å²) < 4.78 is 11.1. The number of benzene rings is 3. The van der Waals surface area contributed by atoms with Crippen molar-refractivity contribution < 1.29 is 14.3 Å². The SMILES string of the molecule is COc1cccc(C=CC(=O)c2ccccc2OCc2ccccc2)c1. The van der Waals surface area contributed by atoms with Crippen LogP contribution in [0.25, 0.3) is 6.08 Å². The van der Waals surface area contributed by atoms with E-state index in [1.165, 1.54) is 0 Å². The van der Waals surface area contributed by atoms with Gasteiger partial charge >= 0.3 is 0 Å². The molecule has 26 heavy (non-hydrogen) atoms. The molecule has 3 nitrogen and oxygen atoms in total. The number of methoxy groups -OCH3 is 1. The van der Waals surface area contributed by atoms with Gasteiger partial charge in [-0.2, -0.15) is 0 Å². The molecule has 0 spiro atoms. The molecule has 130 valence electrons. The zero-order chi connectivity index (χ0) is 18.2. The van der Waals surface area contributed by atoms with E-state index in [1.807, 2.05) is 72.8 Å². The van der Waals surface area contributed by atoms with Crippen LogP contribution in [0.2, 0.25) is 0 Å². The number of carbonyl (C=O) groups excluding carboxylic acids is 1. The summed E-state index contributed by atoms with van der Waals surface area (Å²) in [5, 5.41) is 0. The van der Waals surface area contributed by atoms with E-state index in [1.54, 1.807) is 25.3 Å². The van der Waals surface area contributed by atoms with Crippen molar-refractivity contribution in [1.29, 1.82) is 0 Å². The number of hydrogen-bond donors (Lipinski definition) is 0. The van der Waals surface area contributed by atoms with Crippen molar-refractivity contribution in [2.24, 2.45) is 0 Å². The molecule has 3 aromatic carbocycles. The molecule has 0 bridgehead atoms. The molecule has 3 rings (SSSR count). The van der Waals surface area contributed by atoms with E-state index in [-0.39, 0.29) is 5.78 Å². The molecule has 0 unspecified atom stereocenters. The van der Waals surface area contributed by atoms with Gasteiger partial charge in [-0.25, -0.2) is 0 Å². The quantitative estimate of drug-likeness (QED) is 0.438. The number of carbonyl (C=O) groups is 1. The highest BCUT2D eigenvalue weighted by atomic mass is 16.5. The molecule has 0 aliphatic carbocycles. The summed E-state index contributed by atoms with van der Waals surface area (Å²) in [7, 11) is 1.62. The van der Waals surface area contributed by atoms with Crippen LogP contribution in [0, 0.1) is 0 Å². The van der Waals surface area contributed by atoms with Crippen molar-refractivity contribution in [3.8, 4) is 11.5 Å². The molecular formula is C23H20O3. The molecule has 3 aromatic rings. The summed E-state index contributed by atoms with van der Waals surface area (Å²) >= 11 is 0. The molecule has 0 fully saturated rings. The van der Waals surface area contributed by atoms with E-state index in [4.69, 9.17) is 9.47 Å². The Morgan fingerprint density at radius 3 is 2.50 bits per heavy atom. The van der Waals surface area contributed by atoms with Gasteiger partial charge < -0.3 is 9.47 Å². The maximum Gasteiger partial charge on any atom is 0.189 e. The molecule has 0 N–H and O–H groups in total. The lowest BCUT2D eigenvalue weighted by molar-refractivity contribution is 0.104. The summed E-state index contributed by atoms with van der Waals surface area (Å²) in [4.78, 5) is 12.6. The summed E-state index contributed by atoms with van der Waals surface area (Å²) in [6, 6.07) is 24.7. The first kappa shape index (κ1) is 17.5. The lowest BCUT2D eigenvalue weighted by Crippen LogP contribution is -2.02. The molecule has 0 aromatic heterocycles. The first-order chi connectivity index (χ1) is 12.8. The number of para-hydroxylation sites is 1. The highest BCUT2D eigenvalue weighted by Gasteiger charge is 2.09. The first-order valence-electron chi connectivity index (χ1n) is 8.38. The molecule has 0 aliphatic heterocycles. The van der Waals surface area contributed by atoms with Crippen LogP contribution < -0.4 is 9.47 Å². The molecule has 0 atom stereocenters. The second kappa shape index (κ2) is 8.67. The van der Waals surface area contributed by atoms with Crippen molar-refractivity contribution >= 4 is 11.9 Å². The van der Waals surface area contributed by atoms with Crippen molar-refractivity contribution in [3.63, 3.8) is 0 Å². The Labute approximate surface area is 153 Å². The van der Waals surface area contributed by atoms with Crippen molar-refractivity contribution in [3.05, 3.63) is 102 Å². The van der Waals surface area contributed by atoms with Gasteiger partial charge in [-0.3, -0.25) is 4.79 Å². The Hall–Kier alpha value is -3.33. The Balaban J connectivity index is 1.73. The third-order valence-corrected chi connectivity index (χ3v) is 3.91. The van der Waals surface area contributed by atoms with Gasteiger partial charge in [0.2, 0.25) is 0 Å². The second-order valence-electron chi connectivity index (χ2n) is 5.74. The summed E-state index contributed by atoms with van der Waals surface area (Å²) in [5.41, 5.74) is 2.50. The fourth-order valence-electron chi connectivity index (χ4n) is 2.54. The summed E-state index contributed by atoms with van der Waals surface area (Å²) in [5.74, 6) is 1.24. The summed E-state index contributed by atoms with van der Waals surface area (Å²) in [6.45, 7) is 0.421. The molecular weight excluding hydrogens is 324 g/mol. The van der Waals surface area contributed by atoms with Gasteiger partial charge in [-0.15, -0.1) is 0 Å². The van der Waals surface area contributed by atoms with Crippen LogP contribution in [-0.2, 0) is 6.61 Å². The van der Waals surface area contributed by atoms with E-state index in [0.717, 1.165) is 16.9 Å². The van der Waals surface area contributed by atoms with Crippen LogP contribution >= 0.6 is 0 Å². The van der Waals surface area contributed by atoms with E-state index in [0.29, 0.717) is 17.9 Å². The van der Waals surface area contributed by atoms with Crippen LogP contribution in [0.4, 0.5) is 0 Å². The molecule has 0 heterocycles. The van der Waals surface area contributed by atoms with Crippen LogP contribution in [0.15, 0.2) is 84.9 Å². The van der Waals surface area contributed by atoms with E-state index in [2.05, 4.69) is 0 Å². The Kier molecular flexibility index (Phi) is 5.84. The standard InChI is InChI=1S/C23H20O3/c1-25-20-11-7-10-18(16-20)14-15-22(24)21-12-5-6-13-23(21)26-17-19-8-3-2-4-9-19/h2-16H,17H2,1H3. The maximum absolute atomic E-state index is 12.6. The number of ketones is 1. The van der Waals surface area contributed by atoms with E-state index < -0.39 is 0 Å². The van der Waals surface area contributed by atoms with Crippen molar-refractivity contribution in [2.45, 2.75) is 6.61 Å². The van der Waals surface area contributed by atoms with Crippen LogP contribution in [0.5, 0.6) is 11.5 Å². The number of hydrogen-bond acceptors (Lipinski definition) is 3. The number of allylic oxidation sites excluding steroid dienone is 1. The van der Waals surface area contributed by atoms with Crippen LogP contribution in [-0.4, -0.2) is 12.9 Å². The maximum atomic E-state index is 12.6. The molecule has 3 heteroatoms. The largest absolute Gasteiger partial charge is 0.497 e. The average Bonchev–Trinajstić information content (AvgIpc) is 2.71. The topological polar surface area (TPSA) is 35.5 Å². The molecule has 0 aliphatic rings. The van der Waals surface area contributed by atoms with E-state index in [9.17, 15) is 4.79 Å². The lowest BCUT2D eigenvalue weighted by Gasteiger charge is -2.09. The van der Waals surface area contributed by atoms with Crippen LogP contribution in [0.3, 0.4) is 0 Å². The van der Waals surface area contributed by atoms with E-state index >= 15 is 0 Å². The fraction of sp³-hybridized carbons (Fsp3) is 0.0870. The summed E-state index contributed by atoms with van der Waals surface area (Å²) in [6.07, 6.45) is 3.33. The van der Waals surface area contributed by atoms with Gasteiger partial charge in [0.25, 0.3) is 0 Å². The molecule has 0 saturated carbocycles. The Morgan fingerprint density at radius 2 is 1.69 bits per heavy atom. The second-order valence-corrected chi connectivity index (χ2v) is 5.74. The van der Waals surface area contributed by atoms with Gasteiger partial charge in [-0.05, 0) is 41.5 Å².